The first-order valence-electron chi connectivity index (χ1n) is 8.59. The molecule has 0 unspecified atom stereocenters. The zero-order valence-corrected chi connectivity index (χ0v) is 15.9. The van der Waals surface area contributed by atoms with E-state index in [0.717, 1.165) is 11.5 Å². The molecule has 0 saturated heterocycles. The highest BCUT2D eigenvalue weighted by Crippen LogP contribution is 2.24. The lowest BCUT2D eigenvalue weighted by Gasteiger charge is -2.04. The summed E-state index contributed by atoms with van der Waals surface area (Å²) in [5.74, 6) is 1.84. The molecule has 0 aromatic heterocycles. The van der Waals surface area contributed by atoms with Gasteiger partial charge >= 0.3 is 0 Å². The second-order valence-electron chi connectivity index (χ2n) is 6.06. The summed E-state index contributed by atoms with van der Waals surface area (Å²) < 4.78 is 0. The molecular weight excluding hydrogens is 352 g/mol. The summed E-state index contributed by atoms with van der Waals surface area (Å²) in [6.07, 6.45) is 0. The minimum atomic E-state index is 0.920. The quantitative estimate of drug-likeness (QED) is 0.352. The Morgan fingerprint density at radius 1 is 0.500 bits per heavy atom. The Bertz CT molecular complexity index is 1010. The van der Waals surface area contributed by atoms with Gasteiger partial charge in [0.25, 0.3) is 0 Å². The van der Waals surface area contributed by atoms with E-state index in [-0.39, 0.29) is 0 Å². The second kappa shape index (κ2) is 8.36. The van der Waals surface area contributed by atoms with Crippen LogP contribution in [-0.2, 0) is 11.5 Å². The number of fused-ring (bicyclic) bond motifs is 2. The predicted octanol–water partition coefficient (Wildman–Crippen LogP) is 7.08. The van der Waals surface area contributed by atoms with Crippen molar-refractivity contribution in [3.8, 4) is 10.5 Å². The van der Waals surface area contributed by atoms with Crippen LogP contribution in [0, 0.1) is 10.5 Å². The monoisotopic (exact) mass is 370 g/mol. The van der Waals surface area contributed by atoms with Crippen molar-refractivity contribution >= 4 is 45.1 Å². The van der Waals surface area contributed by atoms with E-state index in [1.807, 2.05) is 0 Å². The molecule has 0 heterocycles. The van der Waals surface area contributed by atoms with Crippen LogP contribution in [-0.4, -0.2) is 0 Å². The maximum Gasteiger partial charge on any atom is 0.0314 e. The summed E-state index contributed by atoms with van der Waals surface area (Å²) >= 11 is 3.36. The van der Waals surface area contributed by atoms with Crippen LogP contribution in [0.4, 0.5) is 0 Å². The van der Waals surface area contributed by atoms with Gasteiger partial charge in [-0.15, -0.1) is 0 Å². The zero-order valence-electron chi connectivity index (χ0n) is 14.3. The summed E-state index contributed by atoms with van der Waals surface area (Å²) in [7, 11) is 0. The Kier molecular flexibility index (Phi) is 5.50. The van der Waals surface area contributed by atoms with E-state index < -0.39 is 0 Å². The summed E-state index contributed by atoms with van der Waals surface area (Å²) in [4.78, 5) is 0. The largest absolute Gasteiger partial charge is 0.0693 e. The van der Waals surface area contributed by atoms with Crippen molar-refractivity contribution in [2.45, 2.75) is 11.5 Å². The van der Waals surface area contributed by atoms with Crippen molar-refractivity contribution in [2.24, 2.45) is 0 Å². The Morgan fingerprint density at radius 3 is 1.42 bits per heavy atom. The predicted molar refractivity (Wildman–Crippen MR) is 118 cm³/mol. The number of benzene rings is 4. The van der Waals surface area contributed by atoms with Crippen LogP contribution in [0.15, 0.2) is 84.9 Å². The average Bonchev–Trinajstić information content (AvgIpc) is 2.71. The normalized spacial score (nSPS) is 10.6. The van der Waals surface area contributed by atoms with Crippen LogP contribution in [0.3, 0.4) is 0 Å². The van der Waals surface area contributed by atoms with Crippen LogP contribution in [0.1, 0.15) is 11.1 Å². The van der Waals surface area contributed by atoms with E-state index in [9.17, 15) is 0 Å². The van der Waals surface area contributed by atoms with Gasteiger partial charge in [-0.1, -0.05) is 108 Å². The fourth-order valence-electron chi connectivity index (χ4n) is 3.12. The molecule has 0 saturated carbocycles. The Labute approximate surface area is 163 Å². The summed E-state index contributed by atoms with van der Waals surface area (Å²) in [6, 6.07) is 30.0. The second-order valence-corrected chi connectivity index (χ2v) is 7.62. The van der Waals surface area contributed by atoms with E-state index >= 15 is 0 Å². The standard InChI is InChI=1S/C24H18S2/c1-3-13-23-19(7-1)9-5-11-21(23)17-25-15-16-26-18-22-12-6-10-20-8-2-4-14-24(20)22/h1-14H,17-18H2. The first-order valence-corrected chi connectivity index (χ1v) is 10.6. The van der Waals surface area contributed by atoms with Crippen molar-refractivity contribution in [1.82, 2.24) is 0 Å². The number of hydrogen-bond acceptors (Lipinski definition) is 2. The van der Waals surface area contributed by atoms with Crippen LogP contribution in [0.25, 0.3) is 21.5 Å². The van der Waals surface area contributed by atoms with Gasteiger partial charge in [-0.2, -0.15) is 0 Å². The Morgan fingerprint density at radius 2 is 0.923 bits per heavy atom. The molecule has 0 radical (unpaired) electrons. The van der Waals surface area contributed by atoms with E-state index in [1.165, 1.54) is 32.7 Å². The summed E-state index contributed by atoms with van der Waals surface area (Å²) in [6.45, 7) is 0. The van der Waals surface area contributed by atoms with Crippen molar-refractivity contribution in [3.63, 3.8) is 0 Å². The van der Waals surface area contributed by atoms with Gasteiger partial charge in [0.05, 0.1) is 0 Å². The highest BCUT2D eigenvalue weighted by molar-refractivity contribution is 8.06. The van der Waals surface area contributed by atoms with E-state index in [2.05, 4.69) is 95.4 Å². The third-order valence-corrected chi connectivity index (χ3v) is 5.93. The number of hydrogen-bond donors (Lipinski definition) is 0. The molecule has 0 spiro atoms. The van der Waals surface area contributed by atoms with Crippen molar-refractivity contribution in [3.05, 3.63) is 96.1 Å². The fourth-order valence-corrected chi connectivity index (χ4v) is 4.55. The number of rotatable bonds is 4. The molecule has 126 valence electrons. The molecule has 0 bridgehead atoms. The molecule has 0 fully saturated rings. The van der Waals surface area contributed by atoms with Gasteiger partial charge < -0.3 is 0 Å². The van der Waals surface area contributed by atoms with Gasteiger partial charge in [0, 0.05) is 11.5 Å². The molecule has 26 heavy (non-hydrogen) atoms. The van der Waals surface area contributed by atoms with Crippen LogP contribution in [0.5, 0.6) is 0 Å². The molecule has 4 rings (SSSR count). The lowest BCUT2D eigenvalue weighted by Crippen LogP contribution is -1.83. The smallest absolute Gasteiger partial charge is 0.0314 e. The van der Waals surface area contributed by atoms with E-state index in [0.29, 0.717) is 0 Å². The van der Waals surface area contributed by atoms with Gasteiger partial charge in [0.2, 0.25) is 0 Å². The van der Waals surface area contributed by atoms with Crippen LogP contribution < -0.4 is 0 Å². The summed E-state index contributed by atoms with van der Waals surface area (Å²) in [5.41, 5.74) is 2.70. The molecule has 4 aromatic rings. The van der Waals surface area contributed by atoms with Crippen LogP contribution in [0.2, 0.25) is 0 Å². The third kappa shape index (κ3) is 3.90. The molecule has 0 atom stereocenters. The summed E-state index contributed by atoms with van der Waals surface area (Å²) in [5, 5.41) is 11.7. The van der Waals surface area contributed by atoms with Crippen LogP contribution >= 0.6 is 23.5 Å². The highest BCUT2D eigenvalue weighted by atomic mass is 32.2. The van der Waals surface area contributed by atoms with Gasteiger partial charge in [0.15, 0.2) is 0 Å². The van der Waals surface area contributed by atoms with Crippen molar-refractivity contribution in [2.75, 3.05) is 0 Å². The third-order valence-electron chi connectivity index (χ3n) is 4.40. The topological polar surface area (TPSA) is 0 Å². The van der Waals surface area contributed by atoms with Gasteiger partial charge in [-0.25, -0.2) is 0 Å². The SMILES string of the molecule is C(#CSCc1cccc2ccccc12)SCc1cccc2ccccc12. The maximum atomic E-state index is 3.25. The lowest BCUT2D eigenvalue weighted by molar-refractivity contribution is 1.47. The van der Waals surface area contributed by atoms with Gasteiger partial charge in [0.1, 0.15) is 0 Å². The lowest BCUT2D eigenvalue weighted by atomic mass is 10.1. The average molecular weight is 371 g/mol. The van der Waals surface area contributed by atoms with Crippen molar-refractivity contribution in [1.29, 1.82) is 0 Å². The minimum absolute atomic E-state index is 0.920. The minimum Gasteiger partial charge on any atom is -0.0693 e. The first-order chi connectivity index (χ1) is 12.9. The molecule has 0 aliphatic rings. The van der Waals surface area contributed by atoms with Crippen molar-refractivity contribution < 1.29 is 0 Å². The number of thioether (sulfide) groups is 2. The Hall–Kier alpha value is -2.34. The molecule has 4 aromatic carbocycles. The highest BCUT2D eigenvalue weighted by Gasteiger charge is 2.00. The van der Waals surface area contributed by atoms with Gasteiger partial charge in [-0.3, -0.25) is 0 Å². The molecule has 0 nitrogen and oxygen atoms in total. The molecular formula is C24H18S2. The molecule has 0 N–H and O–H groups in total. The molecule has 0 aliphatic heterocycles. The van der Waals surface area contributed by atoms with E-state index in [1.54, 1.807) is 23.5 Å². The zero-order chi connectivity index (χ0) is 17.6. The molecule has 2 heteroatoms. The molecule has 0 aliphatic carbocycles. The van der Waals surface area contributed by atoms with Gasteiger partial charge in [-0.05, 0) is 43.2 Å². The first kappa shape index (κ1) is 17.1. The maximum absolute atomic E-state index is 3.25. The Balaban J connectivity index is 1.37. The fraction of sp³-hybridized carbons (Fsp3) is 0.0833. The molecule has 0 amide bonds. The van der Waals surface area contributed by atoms with E-state index in [4.69, 9.17) is 0 Å².